The van der Waals surface area contributed by atoms with Crippen molar-refractivity contribution in [1.82, 2.24) is 15.6 Å². The third kappa shape index (κ3) is 6.43. The summed E-state index contributed by atoms with van der Waals surface area (Å²) in [5.41, 5.74) is 9.73. The molecule has 2 bridgehead atoms. The molecule has 2 heterocycles. The molecule has 0 fully saturated rings. The van der Waals surface area contributed by atoms with Crippen LogP contribution < -0.4 is 15.4 Å². The van der Waals surface area contributed by atoms with Gasteiger partial charge in [-0.25, -0.2) is 0 Å². The molecular weight excluding hydrogens is 494 g/mol. The van der Waals surface area contributed by atoms with Gasteiger partial charge in [0.1, 0.15) is 12.4 Å². The highest BCUT2D eigenvalue weighted by Gasteiger charge is 2.17. The number of rotatable bonds is 5. The van der Waals surface area contributed by atoms with Crippen LogP contribution in [0.25, 0.3) is 22.3 Å². The van der Waals surface area contributed by atoms with E-state index >= 15 is 0 Å². The zero-order valence-corrected chi connectivity index (χ0v) is 23.8. The van der Waals surface area contributed by atoms with Crippen molar-refractivity contribution in [1.29, 1.82) is 0 Å². The summed E-state index contributed by atoms with van der Waals surface area (Å²) in [5.74, 6) is 0.796. The van der Waals surface area contributed by atoms with E-state index in [1.165, 1.54) is 33.4 Å². The number of pyridine rings is 1. The molecule has 1 aliphatic rings. The highest BCUT2D eigenvalue weighted by Crippen LogP contribution is 2.34. The van der Waals surface area contributed by atoms with Crippen LogP contribution in [0.3, 0.4) is 0 Å². The second kappa shape index (κ2) is 12.9. The number of nitrogens with zero attached hydrogens (tertiary/aromatic N) is 1. The molecule has 0 saturated heterocycles. The summed E-state index contributed by atoms with van der Waals surface area (Å²) in [5, 5.41) is 6.77. The fourth-order valence-electron chi connectivity index (χ4n) is 5.40. The number of benzene rings is 3. The second-order valence-electron chi connectivity index (χ2n) is 10.7. The lowest BCUT2D eigenvalue weighted by molar-refractivity contribution is 0.0952. The van der Waals surface area contributed by atoms with Gasteiger partial charge < -0.3 is 15.4 Å². The number of aryl methyl sites for hydroxylation is 1. The summed E-state index contributed by atoms with van der Waals surface area (Å²) in [7, 11) is 0. The Labute approximate surface area is 238 Å². The smallest absolute Gasteiger partial charge is 0.252 e. The van der Waals surface area contributed by atoms with Crippen molar-refractivity contribution in [3.8, 4) is 28.0 Å². The van der Waals surface area contributed by atoms with Gasteiger partial charge in [0.15, 0.2) is 0 Å². The van der Waals surface area contributed by atoms with Gasteiger partial charge in [0, 0.05) is 37.1 Å². The summed E-state index contributed by atoms with van der Waals surface area (Å²) in [6.45, 7) is 8.47. The first-order valence-electron chi connectivity index (χ1n) is 14.4. The average Bonchev–Trinajstić information content (AvgIpc) is 2.99. The van der Waals surface area contributed by atoms with Crippen molar-refractivity contribution in [2.24, 2.45) is 0 Å². The molecule has 1 atom stereocenters. The molecule has 1 unspecified atom stereocenters. The molecule has 4 aromatic rings. The predicted molar refractivity (Wildman–Crippen MR) is 162 cm³/mol. The van der Waals surface area contributed by atoms with E-state index in [4.69, 9.17) is 4.74 Å². The molecular formula is C35H39N3O2. The Morgan fingerprint density at radius 2 is 1.73 bits per heavy atom. The summed E-state index contributed by atoms with van der Waals surface area (Å²) in [4.78, 5) is 17.3. The Morgan fingerprint density at radius 1 is 0.900 bits per heavy atom. The third-order valence-electron chi connectivity index (χ3n) is 7.88. The van der Waals surface area contributed by atoms with Crippen LogP contribution in [0.5, 0.6) is 5.75 Å². The molecule has 5 heteroatoms. The van der Waals surface area contributed by atoms with E-state index in [1.807, 2.05) is 18.3 Å². The number of hydrogen-bond acceptors (Lipinski definition) is 4. The van der Waals surface area contributed by atoms with Crippen LogP contribution in [-0.2, 0) is 19.6 Å². The maximum Gasteiger partial charge on any atom is 0.252 e. The highest BCUT2D eigenvalue weighted by molar-refractivity contribution is 5.95. The zero-order valence-electron chi connectivity index (χ0n) is 23.8. The minimum atomic E-state index is -0.0745. The fraction of sp³-hybridized carbons (Fsp3) is 0.314. The molecule has 5 nitrogen and oxygen atoms in total. The van der Waals surface area contributed by atoms with Crippen LogP contribution in [0.2, 0.25) is 0 Å². The molecule has 0 radical (unpaired) electrons. The molecule has 0 spiro atoms. The first kappa shape index (κ1) is 27.6. The van der Waals surface area contributed by atoms with Gasteiger partial charge in [0.2, 0.25) is 0 Å². The lowest BCUT2D eigenvalue weighted by atomic mass is 9.95. The third-order valence-corrected chi connectivity index (χ3v) is 7.88. The molecule has 1 aliphatic heterocycles. The average molecular weight is 534 g/mol. The van der Waals surface area contributed by atoms with Gasteiger partial charge in [-0.2, -0.15) is 0 Å². The molecule has 0 aliphatic carbocycles. The standard InChI is InChI=1S/C35H39N3O2/c1-4-26-17-30-22-38-24(2)11-8-9-16-37-35(39)31-18-29(20-36-21-31)33(30)19-34(26)40-23-28-14-10-15-32(25(28)3)27-12-6-5-7-13-27/h5-7,10,12-15,17-21,24,38H,4,8-9,11,16,22-23H2,1-3H3,(H,37,39). The first-order chi connectivity index (χ1) is 19.5. The summed E-state index contributed by atoms with van der Waals surface area (Å²) in [6, 6.07) is 23.6. The summed E-state index contributed by atoms with van der Waals surface area (Å²) in [6.07, 6.45) is 7.45. The fourth-order valence-corrected chi connectivity index (χ4v) is 5.40. The van der Waals surface area contributed by atoms with Gasteiger partial charge in [0.05, 0.1) is 5.56 Å². The molecule has 1 amide bonds. The minimum Gasteiger partial charge on any atom is -0.489 e. The monoisotopic (exact) mass is 533 g/mol. The number of carbonyl (C=O) groups excluding carboxylic acids is 1. The van der Waals surface area contributed by atoms with Crippen molar-refractivity contribution >= 4 is 5.91 Å². The number of hydrogen-bond donors (Lipinski definition) is 2. The van der Waals surface area contributed by atoms with Gasteiger partial charge in [-0.1, -0.05) is 67.9 Å². The number of carbonyl (C=O) groups is 1. The van der Waals surface area contributed by atoms with Crippen LogP contribution in [0, 0.1) is 6.92 Å². The minimum absolute atomic E-state index is 0.0745. The topological polar surface area (TPSA) is 63.2 Å². The highest BCUT2D eigenvalue weighted by atomic mass is 16.5. The van der Waals surface area contributed by atoms with E-state index in [9.17, 15) is 4.79 Å². The predicted octanol–water partition coefficient (Wildman–Crippen LogP) is 7.26. The van der Waals surface area contributed by atoms with Gasteiger partial charge in [-0.05, 0) is 84.2 Å². The molecule has 3 aromatic carbocycles. The molecule has 5 rings (SSSR count). The van der Waals surface area contributed by atoms with Crippen LogP contribution in [-0.4, -0.2) is 23.5 Å². The molecule has 40 heavy (non-hydrogen) atoms. The van der Waals surface area contributed by atoms with Crippen molar-refractivity contribution < 1.29 is 9.53 Å². The molecule has 206 valence electrons. The van der Waals surface area contributed by atoms with E-state index < -0.39 is 0 Å². The van der Waals surface area contributed by atoms with E-state index in [0.717, 1.165) is 49.1 Å². The van der Waals surface area contributed by atoms with Crippen molar-refractivity contribution in [3.63, 3.8) is 0 Å². The van der Waals surface area contributed by atoms with Crippen molar-refractivity contribution in [2.75, 3.05) is 6.54 Å². The van der Waals surface area contributed by atoms with E-state index in [-0.39, 0.29) is 5.91 Å². The largest absolute Gasteiger partial charge is 0.489 e. The number of fused-ring (bicyclic) bond motifs is 4. The van der Waals surface area contributed by atoms with Gasteiger partial charge in [-0.15, -0.1) is 0 Å². The summed E-state index contributed by atoms with van der Waals surface area (Å²) >= 11 is 0. The van der Waals surface area contributed by atoms with Crippen LogP contribution in [0.4, 0.5) is 0 Å². The van der Waals surface area contributed by atoms with Crippen LogP contribution in [0.15, 0.2) is 79.1 Å². The Bertz CT molecular complexity index is 1470. The Morgan fingerprint density at radius 3 is 2.55 bits per heavy atom. The second-order valence-corrected chi connectivity index (χ2v) is 10.7. The maximum absolute atomic E-state index is 12.8. The normalized spacial score (nSPS) is 16.0. The Balaban J connectivity index is 1.50. The molecule has 2 N–H and O–H groups in total. The molecule has 0 saturated carbocycles. The van der Waals surface area contributed by atoms with E-state index in [0.29, 0.717) is 24.8 Å². The van der Waals surface area contributed by atoms with Crippen LogP contribution in [0.1, 0.15) is 65.7 Å². The maximum atomic E-state index is 12.8. The van der Waals surface area contributed by atoms with E-state index in [1.54, 1.807) is 6.20 Å². The number of amides is 1. The Kier molecular flexibility index (Phi) is 8.92. The van der Waals surface area contributed by atoms with E-state index in [2.05, 4.69) is 91.0 Å². The lowest BCUT2D eigenvalue weighted by Gasteiger charge is -2.20. The van der Waals surface area contributed by atoms with Crippen molar-refractivity contribution in [2.45, 2.75) is 65.6 Å². The SMILES string of the molecule is CCc1cc2c(cc1OCc1cccc(-c3ccccc3)c1C)-c1cncc(c1)C(=O)NCCCCC(C)NC2. The number of nitrogens with one attached hydrogen (secondary N) is 2. The van der Waals surface area contributed by atoms with Crippen molar-refractivity contribution in [3.05, 3.63) is 107 Å². The number of ether oxygens (including phenoxy) is 1. The molecule has 1 aromatic heterocycles. The zero-order chi connectivity index (χ0) is 27.9. The number of aromatic nitrogens is 1. The lowest BCUT2D eigenvalue weighted by Crippen LogP contribution is -2.27. The van der Waals surface area contributed by atoms with Crippen LogP contribution >= 0.6 is 0 Å². The summed E-state index contributed by atoms with van der Waals surface area (Å²) < 4.78 is 6.56. The first-order valence-corrected chi connectivity index (χ1v) is 14.4. The van der Waals surface area contributed by atoms with Gasteiger partial charge >= 0.3 is 0 Å². The van der Waals surface area contributed by atoms with Gasteiger partial charge in [-0.3, -0.25) is 9.78 Å². The Hall–Kier alpha value is -3.96. The van der Waals surface area contributed by atoms with Gasteiger partial charge in [0.25, 0.3) is 5.91 Å². The quantitative estimate of drug-likeness (QED) is 0.283.